The Morgan fingerprint density at radius 2 is 2.00 bits per heavy atom. The second-order valence-corrected chi connectivity index (χ2v) is 6.96. The Balaban J connectivity index is 2.25. The van der Waals surface area contributed by atoms with Crippen molar-refractivity contribution in [2.75, 3.05) is 20.8 Å². The summed E-state index contributed by atoms with van der Waals surface area (Å²) in [5.74, 6) is -1.20. The second kappa shape index (κ2) is 9.05. The number of hydrogen-bond donors (Lipinski definition) is 1. The van der Waals surface area contributed by atoms with Gasteiger partial charge in [0.25, 0.3) is 11.8 Å². The third-order valence-corrected chi connectivity index (χ3v) is 4.37. The summed E-state index contributed by atoms with van der Waals surface area (Å²) in [7, 11) is 2.91. The van der Waals surface area contributed by atoms with Gasteiger partial charge in [-0.15, -0.1) is 0 Å². The highest BCUT2D eigenvalue weighted by Gasteiger charge is 2.20. The topological polar surface area (TPSA) is 81.9 Å². The molecule has 0 aliphatic rings. The van der Waals surface area contributed by atoms with E-state index < -0.39 is 17.6 Å². The SMILES string of the molecule is COc1cc(C(=O)N(C)Cc2cc(Br)ccc2F)cc(Cl)c1OCC(N)=O. The molecule has 0 aromatic heterocycles. The van der Waals surface area contributed by atoms with Gasteiger partial charge in [-0.05, 0) is 30.3 Å². The molecule has 0 heterocycles. The normalized spacial score (nSPS) is 10.4. The molecule has 0 bridgehead atoms. The summed E-state index contributed by atoms with van der Waals surface area (Å²) < 4.78 is 25.0. The Labute approximate surface area is 169 Å². The van der Waals surface area contributed by atoms with Crippen molar-refractivity contribution in [3.63, 3.8) is 0 Å². The predicted octanol–water partition coefficient (Wildman–Crippen LogP) is 3.39. The lowest BCUT2D eigenvalue weighted by atomic mass is 10.1. The Morgan fingerprint density at radius 3 is 2.63 bits per heavy atom. The first-order valence-electron chi connectivity index (χ1n) is 7.71. The number of nitrogens with two attached hydrogens (primary N) is 1. The molecule has 0 unspecified atom stereocenters. The fourth-order valence-corrected chi connectivity index (χ4v) is 3.01. The summed E-state index contributed by atoms with van der Waals surface area (Å²) in [4.78, 5) is 24.9. The van der Waals surface area contributed by atoms with Crippen molar-refractivity contribution in [1.29, 1.82) is 0 Å². The number of methoxy groups -OCH3 is 1. The van der Waals surface area contributed by atoms with Gasteiger partial charge in [0.2, 0.25) is 0 Å². The molecule has 0 aliphatic heterocycles. The van der Waals surface area contributed by atoms with E-state index in [4.69, 9.17) is 26.8 Å². The lowest BCUT2D eigenvalue weighted by Gasteiger charge is -2.19. The first-order chi connectivity index (χ1) is 12.7. The summed E-state index contributed by atoms with van der Waals surface area (Å²) in [5.41, 5.74) is 5.64. The van der Waals surface area contributed by atoms with Gasteiger partial charge in [0.15, 0.2) is 18.1 Å². The van der Waals surface area contributed by atoms with Crippen LogP contribution in [-0.4, -0.2) is 37.5 Å². The van der Waals surface area contributed by atoms with Gasteiger partial charge in [0, 0.05) is 29.2 Å². The van der Waals surface area contributed by atoms with Gasteiger partial charge < -0.3 is 20.1 Å². The van der Waals surface area contributed by atoms with Crippen LogP contribution < -0.4 is 15.2 Å². The van der Waals surface area contributed by atoms with E-state index in [9.17, 15) is 14.0 Å². The van der Waals surface area contributed by atoms with Gasteiger partial charge in [-0.2, -0.15) is 0 Å². The van der Waals surface area contributed by atoms with Crippen molar-refractivity contribution in [2.45, 2.75) is 6.54 Å². The number of nitrogens with zero attached hydrogens (tertiary/aromatic N) is 1. The van der Waals surface area contributed by atoms with Crippen LogP contribution in [-0.2, 0) is 11.3 Å². The van der Waals surface area contributed by atoms with Crippen LogP contribution in [0.25, 0.3) is 0 Å². The molecule has 144 valence electrons. The number of benzene rings is 2. The molecule has 0 spiro atoms. The summed E-state index contributed by atoms with van der Waals surface area (Å²) in [5, 5.41) is 0.0842. The van der Waals surface area contributed by atoms with Crippen LogP contribution >= 0.6 is 27.5 Å². The highest BCUT2D eigenvalue weighted by atomic mass is 79.9. The molecule has 6 nitrogen and oxygen atoms in total. The maximum Gasteiger partial charge on any atom is 0.255 e. The third-order valence-electron chi connectivity index (χ3n) is 3.60. The number of amides is 2. The smallest absolute Gasteiger partial charge is 0.255 e. The van der Waals surface area contributed by atoms with E-state index in [0.29, 0.717) is 10.0 Å². The molecule has 0 saturated heterocycles. The average Bonchev–Trinajstić information content (AvgIpc) is 2.62. The minimum atomic E-state index is -0.677. The molecule has 0 saturated carbocycles. The highest BCUT2D eigenvalue weighted by Crippen LogP contribution is 2.36. The minimum Gasteiger partial charge on any atom is -0.493 e. The zero-order chi connectivity index (χ0) is 20.1. The summed E-state index contributed by atoms with van der Waals surface area (Å²) in [6.45, 7) is -0.324. The summed E-state index contributed by atoms with van der Waals surface area (Å²) in [6, 6.07) is 7.32. The number of hydrogen-bond acceptors (Lipinski definition) is 4. The first-order valence-corrected chi connectivity index (χ1v) is 8.88. The lowest BCUT2D eigenvalue weighted by molar-refractivity contribution is -0.119. The Kier molecular flexibility index (Phi) is 7.04. The van der Waals surface area contributed by atoms with E-state index in [1.54, 1.807) is 19.2 Å². The van der Waals surface area contributed by atoms with E-state index in [0.717, 1.165) is 0 Å². The van der Waals surface area contributed by atoms with Crippen LogP contribution in [0.3, 0.4) is 0 Å². The molecule has 2 aromatic carbocycles. The molecule has 2 rings (SSSR count). The van der Waals surface area contributed by atoms with Crippen LogP contribution in [0, 0.1) is 5.82 Å². The maximum atomic E-state index is 13.9. The highest BCUT2D eigenvalue weighted by molar-refractivity contribution is 9.10. The Hall–Kier alpha value is -2.32. The van der Waals surface area contributed by atoms with Crippen molar-refractivity contribution in [2.24, 2.45) is 5.73 Å². The fraction of sp³-hybridized carbons (Fsp3) is 0.222. The van der Waals surface area contributed by atoms with Crippen LogP contribution in [0.15, 0.2) is 34.8 Å². The molecular formula is C18H17BrClFN2O4. The van der Waals surface area contributed by atoms with Crippen molar-refractivity contribution < 1.29 is 23.5 Å². The van der Waals surface area contributed by atoms with Gasteiger partial charge in [0.1, 0.15) is 5.82 Å². The van der Waals surface area contributed by atoms with E-state index >= 15 is 0 Å². The van der Waals surface area contributed by atoms with E-state index in [1.165, 1.54) is 30.2 Å². The molecular weight excluding hydrogens is 443 g/mol. The van der Waals surface area contributed by atoms with Gasteiger partial charge in [-0.1, -0.05) is 27.5 Å². The van der Waals surface area contributed by atoms with E-state index in [-0.39, 0.29) is 35.2 Å². The number of ether oxygens (including phenoxy) is 2. The van der Waals surface area contributed by atoms with Gasteiger partial charge in [0.05, 0.1) is 12.1 Å². The lowest BCUT2D eigenvalue weighted by Crippen LogP contribution is -2.26. The molecule has 2 aromatic rings. The molecule has 0 atom stereocenters. The molecule has 27 heavy (non-hydrogen) atoms. The van der Waals surface area contributed by atoms with Crippen molar-refractivity contribution in [1.82, 2.24) is 4.90 Å². The summed E-state index contributed by atoms with van der Waals surface area (Å²) in [6.07, 6.45) is 0. The number of halogens is 3. The number of carbonyl (C=O) groups excluding carboxylic acids is 2. The van der Waals surface area contributed by atoms with Gasteiger partial charge in [-0.3, -0.25) is 9.59 Å². The number of primary amides is 1. The monoisotopic (exact) mass is 458 g/mol. The molecule has 2 N–H and O–H groups in total. The first kappa shape index (κ1) is 21.0. The molecule has 9 heteroatoms. The predicted molar refractivity (Wildman–Crippen MR) is 103 cm³/mol. The quantitative estimate of drug-likeness (QED) is 0.688. The maximum absolute atomic E-state index is 13.9. The van der Waals surface area contributed by atoms with Crippen LogP contribution in [0.5, 0.6) is 11.5 Å². The number of rotatable bonds is 7. The van der Waals surface area contributed by atoms with Crippen LogP contribution in [0.2, 0.25) is 5.02 Å². The largest absolute Gasteiger partial charge is 0.493 e. The van der Waals surface area contributed by atoms with E-state index in [1.807, 2.05) is 0 Å². The average molecular weight is 460 g/mol. The number of carbonyl (C=O) groups is 2. The second-order valence-electron chi connectivity index (χ2n) is 5.64. The van der Waals surface area contributed by atoms with Crippen molar-refractivity contribution in [3.05, 3.63) is 56.8 Å². The van der Waals surface area contributed by atoms with E-state index in [2.05, 4.69) is 15.9 Å². The Morgan fingerprint density at radius 1 is 1.30 bits per heavy atom. The zero-order valence-electron chi connectivity index (χ0n) is 14.6. The fourth-order valence-electron chi connectivity index (χ4n) is 2.34. The molecule has 0 radical (unpaired) electrons. The zero-order valence-corrected chi connectivity index (χ0v) is 16.9. The van der Waals surface area contributed by atoms with Gasteiger partial charge in [-0.25, -0.2) is 4.39 Å². The standard InChI is InChI=1S/C18H17BrClFN2O4/c1-23(8-11-5-12(19)3-4-14(11)21)18(25)10-6-13(20)17(15(7-10)26-2)27-9-16(22)24/h3-7H,8-9H2,1-2H3,(H2,22,24). The summed E-state index contributed by atoms with van der Waals surface area (Å²) >= 11 is 9.44. The molecule has 0 fully saturated rings. The van der Waals surface area contributed by atoms with Crippen molar-refractivity contribution in [3.8, 4) is 11.5 Å². The molecule has 2 amide bonds. The van der Waals surface area contributed by atoms with Crippen molar-refractivity contribution >= 4 is 39.3 Å². The van der Waals surface area contributed by atoms with Crippen LogP contribution in [0.4, 0.5) is 4.39 Å². The third kappa shape index (κ3) is 5.33. The van der Waals surface area contributed by atoms with Crippen LogP contribution in [0.1, 0.15) is 15.9 Å². The molecule has 0 aliphatic carbocycles. The van der Waals surface area contributed by atoms with Gasteiger partial charge >= 0.3 is 0 Å². The Bertz CT molecular complexity index is 879. The minimum absolute atomic E-state index is 0.0595.